The van der Waals surface area contributed by atoms with Crippen LogP contribution in [-0.4, -0.2) is 72.5 Å². The first-order valence-corrected chi connectivity index (χ1v) is 11.4. The first-order valence-electron chi connectivity index (χ1n) is 11.4. The number of H-pyrrole nitrogens is 1. The van der Waals surface area contributed by atoms with E-state index < -0.39 is 0 Å². The van der Waals surface area contributed by atoms with Gasteiger partial charge in [-0.3, -0.25) is 9.89 Å². The molecule has 0 aliphatic heterocycles. The Hall–Kier alpha value is -3.57. The molecule has 0 bridgehead atoms. The van der Waals surface area contributed by atoms with Gasteiger partial charge in [-0.1, -0.05) is 0 Å². The molecule has 0 saturated heterocycles. The maximum absolute atomic E-state index is 12.3. The minimum Gasteiger partial charge on any atom is -0.346 e. The van der Waals surface area contributed by atoms with Crippen LogP contribution in [0.2, 0.25) is 0 Å². The maximum atomic E-state index is 12.3. The van der Waals surface area contributed by atoms with Crippen LogP contribution in [0.4, 0.5) is 17.6 Å². The average Bonchev–Trinajstić information content (AvgIpc) is 3.40. The van der Waals surface area contributed by atoms with Gasteiger partial charge in [-0.15, -0.1) is 10.2 Å². The molecule has 5 rings (SSSR count). The van der Waals surface area contributed by atoms with E-state index in [4.69, 9.17) is 4.98 Å². The summed E-state index contributed by atoms with van der Waals surface area (Å²) in [6.45, 7) is 0. The molecule has 2 fully saturated rings. The normalized spacial score (nSPS) is 20.5. The summed E-state index contributed by atoms with van der Waals surface area (Å²) in [6.07, 6.45) is 7.87. The van der Waals surface area contributed by atoms with Crippen molar-refractivity contribution in [3.05, 3.63) is 29.8 Å². The Balaban J connectivity index is 1.18. The SMILES string of the molecule is CN(c1cc(C2CC2)[nH]n1)c1ccnc(N(C)C2CCC(NC(=O)c3nnn(C)n3)CC2)n1. The summed E-state index contributed by atoms with van der Waals surface area (Å²) in [5.74, 6) is 2.81. The number of tetrazole rings is 1. The van der Waals surface area contributed by atoms with Crippen LogP contribution in [0, 0.1) is 0 Å². The van der Waals surface area contributed by atoms with E-state index in [2.05, 4.69) is 46.9 Å². The van der Waals surface area contributed by atoms with E-state index in [0.717, 1.165) is 37.3 Å². The molecule has 0 aromatic carbocycles. The van der Waals surface area contributed by atoms with Crippen LogP contribution in [0.25, 0.3) is 0 Å². The van der Waals surface area contributed by atoms with E-state index in [1.54, 1.807) is 13.2 Å². The molecular weight excluding hydrogens is 422 g/mol. The number of rotatable bonds is 7. The van der Waals surface area contributed by atoms with Crippen molar-refractivity contribution in [1.82, 2.24) is 45.7 Å². The molecule has 2 aliphatic carbocycles. The molecule has 0 spiro atoms. The second kappa shape index (κ2) is 8.75. The number of nitrogens with one attached hydrogen (secondary N) is 2. The summed E-state index contributed by atoms with van der Waals surface area (Å²) in [4.78, 5) is 27.0. The van der Waals surface area contributed by atoms with Gasteiger partial charge in [0, 0.05) is 50.1 Å². The fourth-order valence-electron chi connectivity index (χ4n) is 4.31. The lowest BCUT2D eigenvalue weighted by atomic mass is 9.90. The van der Waals surface area contributed by atoms with E-state index in [9.17, 15) is 4.79 Å². The largest absolute Gasteiger partial charge is 0.346 e. The Labute approximate surface area is 191 Å². The minimum absolute atomic E-state index is 0.102. The van der Waals surface area contributed by atoms with Crippen LogP contribution < -0.4 is 15.1 Å². The van der Waals surface area contributed by atoms with Gasteiger partial charge in [-0.2, -0.15) is 14.9 Å². The number of anilines is 3. The zero-order chi connectivity index (χ0) is 22.9. The maximum Gasteiger partial charge on any atom is 0.293 e. The third-order valence-corrected chi connectivity index (χ3v) is 6.52. The number of carbonyl (C=O) groups is 1. The Bertz CT molecular complexity index is 1110. The number of amides is 1. The van der Waals surface area contributed by atoms with Crippen molar-refractivity contribution in [1.29, 1.82) is 0 Å². The van der Waals surface area contributed by atoms with Gasteiger partial charge in [0.1, 0.15) is 5.82 Å². The highest BCUT2D eigenvalue weighted by Crippen LogP contribution is 2.40. The van der Waals surface area contributed by atoms with Gasteiger partial charge < -0.3 is 15.1 Å². The molecule has 2 aliphatic rings. The number of aromatic nitrogens is 8. The zero-order valence-electron chi connectivity index (χ0n) is 19.1. The second-order valence-corrected chi connectivity index (χ2v) is 8.92. The van der Waals surface area contributed by atoms with E-state index >= 15 is 0 Å². The van der Waals surface area contributed by atoms with Gasteiger partial charge in [0.15, 0.2) is 5.82 Å². The van der Waals surface area contributed by atoms with Crippen LogP contribution in [0.3, 0.4) is 0 Å². The van der Waals surface area contributed by atoms with Crippen molar-refractivity contribution in [3.8, 4) is 0 Å². The molecule has 12 heteroatoms. The Kier molecular flexibility index (Phi) is 5.65. The van der Waals surface area contributed by atoms with E-state index in [1.807, 2.05) is 25.1 Å². The third kappa shape index (κ3) is 4.64. The van der Waals surface area contributed by atoms with Crippen molar-refractivity contribution in [2.75, 3.05) is 23.9 Å². The van der Waals surface area contributed by atoms with Crippen LogP contribution in [0.1, 0.15) is 60.8 Å². The van der Waals surface area contributed by atoms with Crippen LogP contribution in [-0.2, 0) is 7.05 Å². The van der Waals surface area contributed by atoms with Gasteiger partial charge in [0.2, 0.25) is 5.95 Å². The summed E-state index contributed by atoms with van der Waals surface area (Å²) in [6, 6.07) is 4.41. The van der Waals surface area contributed by atoms with Crippen LogP contribution >= 0.6 is 0 Å². The number of nitrogens with zero attached hydrogens (tertiary/aromatic N) is 9. The summed E-state index contributed by atoms with van der Waals surface area (Å²) in [5, 5.41) is 22.1. The highest BCUT2D eigenvalue weighted by atomic mass is 16.2. The fraction of sp³-hybridized carbons (Fsp3) is 0.571. The zero-order valence-corrected chi connectivity index (χ0v) is 19.1. The lowest BCUT2D eigenvalue weighted by molar-refractivity contribution is 0.0914. The average molecular weight is 452 g/mol. The fourth-order valence-corrected chi connectivity index (χ4v) is 4.31. The standard InChI is InChI=1S/C21H29N11O/c1-30(15-8-6-14(7-9-15)23-20(33)19-27-29-32(3)28-19)21-22-11-10-17(24-21)31(2)18-12-16(25-26-18)13-4-5-13/h10-15H,4-9H2,1-3H3,(H,23,33)(H,25,26). The summed E-state index contributed by atoms with van der Waals surface area (Å²) in [5.41, 5.74) is 1.20. The molecule has 1 amide bonds. The molecule has 3 aromatic heterocycles. The number of aryl methyl sites for hydroxylation is 1. The molecule has 0 atom stereocenters. The van der Waals surface area contributed by atoms with Crippen molar-refractivity contribution in [3.63, 3.8) is 0 Å². The molecule has 3 aromatic rings. The molecule has 33 heavy (non-hydrogen) atoms. The molecule has 2 saturated carbocycles. The van der Waals surface area contributed by atoms with Gasteiger partial charge >= 0.3 is 0 Å². The first kappa shape index (κ1) is 21.3. The van der Waals surface area contributed by atoms with E-state index in [-0.39, 0.29) is 17.8 Å². The van der Waals surface area contributed by atoms with Gasteiger partial charge in [-0.25, -0.2) is 4.98 Å². The summed E-state index contributed by atoms with van der Waals surface area (Å²) >= 11 is 0. The predicted octanol–water partition coefficient (Wildman–Crippen LogP) is 1.55. The minimum atomic E-state index is -0.276. The summed E-state index contributed by atoms with van der Waals surface area (Å²) in [7, 11) is 5.64. The van der Waals surface area contributed by atoms with Gasteiger partial charge in [0.25, 0.3) is 11.7 Å². The number of aromatic amines is 1. The number of hydrogen-bond donors (Lipinski definition) is 2. The van der Waals surface area contributed by atoms with Crippen molar-refractivity contribution < 1.29 is 4.79 Å². The van der Waals surface area contributed by atoms with Gasteiger partial charge in [0.05, 0.1) is 7.05 Å². The van der Waals surface area contributed by atoms with Crippen LogP contribution in [0.15, 0.2) is 18.3 Å². The quantitative estimate of drug-likeness (QED) is 0.548. The molecule has 2 N–H and O–H groups in total. The molecule has 12 nitrogen and oxygen atoms in total. The van der Waals surface area contributed by atoms with Crippen molar-refractivity contribution in [2.45, 2.75) is 56.5 Å². The Morgan fingerprint density at radius 3 is 2.64 bits per heavy atom. The predicted molar refractivity (Wildman–Crippen MR) is 121 cm³/mol. The Morgan fingerprint density at radius 1 is 1.15 bits per heavy atom. The lowest BCUT2D eigenvalue weighted by Gasteiger charge is -2.35. The first-order chi connectivity index (χ1) is 16.0. The van der Waals surface area contributed by atoms with E-state index in [0.29, 0.717) is 17.9 Å². The monoisotopic (exact) mass is 451 g/mol. The topological polar surface area (TPSA) is 134 Å². The highest BCUT2D eigenvalue weighted by Gasteiger charge is 2.28. The smallest absolute Gasteiger partial charge is 0.293 e. The van der Waals surface area contributed by atoms with Crippen LogP contribution in [0.5, 0.6) is 0 Å². The number of hydrogen-bond acceptors (Lipinski definition) is 9. The lowest BCUT2D eigenvalue weighted by Crippen LogP contribution is -2.43. The molecular formula is C21H29N11O. The Morgan fingerprint density at radius 2 is 1.94 bits per heavy atom. The molecule has 174 valence electrons. The number of carbonyl (C=O) groups excluding carboxylic acids is 1. The molecule has 0 radical (unpaired) electrons. The molecule has 3 heterocycles. The molecule has 0 unspecified atom stereocenters. The highest BCUT2D eigenvalue weighted by molar-refractivity contribution is 5.90. The summed E-state index contributed by atoms with van der Waals surface area (Å²) < 4.78 is 0. The third-order valence-electron chi connectivity index (χ3n) is 6.52. The van der Waals surface area contributed by atoms with Gasteiger partial charge in [-0.05, 0) is 49.8 Å². The van der Waals surface area contributed by atoms with E-state index in [1.165, 1.54) is 23.3 Å². The second-order valence-electron chi connectivity index (χ2n) is 8.92. The van der Waals surface area contributed by atoms with Crippen molar-refractivity contribution >= 4 is 23.5 Å². The van der Waals surface area contributed by atoms with Crippen molar-refractivity contribution in [2.24, 2.45) is 7.05 Å².